The lowest BCUT2D eigenvalue weighted by Gasteiger charge is -2.16. The zero-order valence-corrected chi connectivity index (χ0v) is 11.6. The van der Waals surface area contributed by atoms with Crippen LogP contribution in [0.15, 0.2) is 56.3 Å². The molecule has 21 heavy (non-hydrogen) atoms. The molecule has 5 heteroatoms. The summed E-state index contributed by atoms with van der Waals surface area (Å²) in [6.07, 6.45) is 1.64. The summed E-state index contributed by atoms with van der Waals surface area (Å²) in [6, 6.07) is 10.0. The molecule has 0 fully saturated rings. The fourth-order valence-corrected chi connectivity index (χ4v) is 2.36. The van der Waals surface area contributed by atoms with Gasteiger partial charge < -0.3 is 13.9 Å². The van der Waals surface area contributed by atoms with E-state index < -0.39 is 5.63 Å². The molecule has 0 saturated carbocycles. The standard InChI is InChI=1S/C16H15NO4/c1-17(10-13-3-2-6-20-13)9-11-7-16(19)21-15-8-12(18)4-5-14(11)15/h2-8,18H,9-10H2,1H3. The largest absolute Gasteiger partial charge is 0.508 e. The molecule has 0 atom stereocenters. The third-order valence-electron chi connectivity index (χ3n) is 3.26. The summed E-state index contributed by atoms with van der Waals surface area (Å²) in [6.45, 7) is 1.22. The van der Waals surface area contributed by atoms with Gasteiger partial charge >= 0.3 is 5.63 Å². The van der Waals surface area contributed by atoms with E-state index >= 15 is 0 Å². The molecule has 5 nitrogen and oxygen atoms in total. The predicted molar refractivity (Wildman–Crippen MR) is 78.0 cm³/mol. The second-order valence-corrected chi connectivity index (χ2v) is 5.02. The Kier molecular flexibility index (Phi) is 3.50. The van der Waals surface area contributed by atoms with Gasteiger partial charge in [0.15, 0.2) is 0 Å². The highest BCUT2D eigenvalue weighted by atomic mass is 16.4. The van der Waals surface area contributed by atoms with Crippen molar-refractivity contribution in [3.63, 3.8) is 0 Å². The van der Waals surface area contributed by atoms with Gasteiger partial charge in [0.2, 0.25) is 0 Å². The van der Waals surface area contributed by atoms with Crippen molar-refractivity contribution in [2.45, 2.75) is 13.1 Å². The number of benzene rings is 1. The van der Waals surface area contributed by atoms with Gasteiger partial charge in [-0.05, 0) is 36.9 Å². The molecule has 0 radical (unpaired) electrons. The molecular weight excluding hydrogens is 270 g/mol. The maximum atomic E-state index is 11.6. The van der Waals surface area contributed by atoms with Crippen LogP contribution in [0.1, 0.15) is 11.3 Å². The lowest BCUT2D eigenvalue weighted by molar-refractivity contribution is 0.288. The van der Waals surface area contributed by atoms with Crippen LogP contribution in [-0.4, -0.2) is 17.1 Å². The van der Waals surface area contributed by atoms with E-state index in [2.05, 4.69) is 0 Å². The summed E-state index contributed by atoms with van der Waals surface area (Å²) in [5.41, 5.74) is 0.828. The zero-order chi connectivity index (χ0) is 14.8. The number of hydrogen-bond donors (Lipinski definition) is 1. The van der Waals surface area contributed by atoms with Crippen LogP contribution in [0.2, 0.25) is 0 Å². The first-order chi connectivity index (χ1) is 10.1. The first kappa shape index (κ1) is 13.5. The van der Waals surface area contributed by atoms with Gasteiger partial charge in [0.25, 0.3) is 0 Å². The summed E-state index contributed by atoms with van der Waals surface area (Å²) in [4.78, 5) is 13.7. The SMILES string of the molecule is CN(Cc1ccco1)Cc1cc(=O)oc2cc(O)ccc12. The van der Waals surface area contributed by atoms with Crippen LogP contribution in [0.4, 0.5) is 0 Å². The quantitative estimate of drug-likeness (QED) is 0.746. The van der Waals surface area contributed by atoms with Crippen molar-refractivity contribution in [2.75, 3.05) is 7.05 Å². The van der Waals surface area contributed by atoms with Crippen molar-refractivity contribution < 1.29 is 13.9 Å². The number of furan rings is 1. The van der Waals surface area contributed by atoms with E-state index in [1.165, 1.54) is 12.1 Å². The number of fused-ring (bicyclic) bond motifs is 1. The minimum Gasteiger partial charge on any atom is -0.508 e. The Balaban J connectivity index is 1.91. The maximum Gasteiger partial charge on any atom is 0.336 e. The lowest BCUT2D eigenvalue weighted by Crippen LogP contribution is -2.18. The fraction of sp³-hybridized carbons (Fsp3) is 0.188. The second kappa shape index (κ2) is 5.46. The number of nitrogens with zero attached hydrogens (tertiary/aromatic N) is 1. The van der Waals surface area contributed by atoms with Crippen LogP contribution in [0.3, 0.4) is 0 Å². The highest BCUT2D eigenvalue weighted by Gasteiger charge is 2.10. The Morgan fingerprint density at radius 3 is 2.81 bits per heavy atom. The van der Waals surface area contributed by atoms with Crippen LogP contribution < -0.4 is 5.63 Å². The topological polar surface area (TPSA) is 66.8 Å². The average molecular weight is 285 g/mol. The molecule has 1 N–H and O–H groups in total. The molecule has 0 amide bonds. The molecule has 0 aliphatic heterocycles. The Morgan fingerprint density at radius 2 is 2.05 bits per heavy atom. The van der Waals surface area contributed by atoms with Crippen LogP contribution >= 0.6 is 0 Å². The van der Waals surface area contributed by atoms with Crippen molar-refractivity contribution in [3.8, 4) is 5.75 Å². The van der Waals surface area contributed by atoms with Crippen molar-refractivity contribution in [3.05, 3.63) is 64.4 Å². The van der Waals surface area contributed by atoms with E-state index in [1.54, 1.807) is 18.4 Å². The number of phenols is 1. The fourth-order valence-electron chi connectivity index (χ4n) is 2.36. The summed E-state index contributed by atoms with van der Waals surface area (Å²) in [5, 5.41) is 10.3. The molecule has 1 aromatic carbocycles. The monoisotopic (exact) mass is 285 g/mol. The molecule has 3 rings (SSSR count). The van der Waals surface area contributed by atoms with Gasteiger partial charge in [-0.1, -0.05) is 0 Å². The van der Waals surface area contributed by atoms with Crippen molar-refractivity contribution in [2.24, 2.45) is 0 Å². The van der Waals surface area contributed by atoms with Crippen molar-refractivity contribution in [1.29, 1.82) is 0 Å². The van der Waals surface area contributed by atoms with Crippen LogP contribution in [-0.2, 0) is 13.1 Å². The van der Waals surface area contributed by atoms with E-state index in [9.17, 15) is 9.90 Å². The van der Waals surface area contributed by atoms with Gasteiger partial charge in [-0.3, -0.25) is 4.90 Å². The van der Waals surface area contributed by atoms with Crippen LogP contribution in [0, 0.1) is 0 Å². The number of phenolic OH excluding ortho intramolecular Hbond substituents is 1. The smallest absolute Gasteiger partial charge is 0.336 e. The van der Waals surface area contributed by atoms with Gasteiger partial charge in [0.1, 0.15) is 17.1 Å². The third-order valence-corrected chi connectivity index (χ3v) is 3.26. The molecule has 0 bridgehead atoms. The molecule has 2 aromatic heterocycles. The van der Waals surface area contributed by atoms with Gasteiger partial charge in [0.05, 0.1) is 12.8 Å². The number of aromatic hydroxyl groups is 1. The Labute approximate surface area is 121 Å². The Hall–Kier alpha value is -2.53. The molecule has 0 saturated heterocycles. The summed E-state index contributed by atoms with van der Waals surface area (Å²) >= 11 is 0. The van der Waals surface area contributed by atoms with Gasteiger partial charge in [-0.15, -0.1) is 0 Å². The summed E-state index contributed by atoms with van der Waals surface area (Å²) in [7, 11) is 1.95. The molecule has 0 unspecified atom stereocenters. The zero-order valence-electron chi connectivity index (χ0n) is 11.6. The van der Waals surface area contributed by atoms with E-state index in [-0.39, 0.29) is 5.75 Å². The van der Waals surface area contributed by atoms with Crippen molar-refractivity contribution >= 4 is 11.0 Å². The van der Waals surface area contributed by atoms with E-state index in [1.807, 2.05) is 24.1 Å². The molecule has 2 heterocycles. The molecule has 0 aliphatic rings. The number of rotatable bonds is 4. The highest BCUT2D eigenvalue weighted by Crippen LogP contribution is 2.22. The maximum absolute atomic E-state index is 11.6. The summed E-state index contributed by atoms with van der Waals surface area (Å²) < 4.78 is 10.4. The average Bonchev–Trinajstić information content (AvgIpc) is 2.90. The van der Waals surface area contributed by atoms with Gasteiger partial charge in [-0.25, -0.2) is 4.79 Å². The Bertz CT molecular complexity index is 805. The third kappa shape index (κ3) is 2.98. The molecular formula is C16H15NO4. The minimum atomic E-state index is -0.422. The van der Waals surface area contributed by atoms with E-state index in [4.69, 9.17) is 8.83 Å². The molecule has 0 aliphatic carbocycles. The van der Waals surface area contributed by atoms with Crippen LogP contribution in [0.5, 0.6) is 5.75 Å². The highest BCUT2D eigenvalue weighted by molar-refractivity contribution is 5.81. The first-order valence-corrected chi connectivity index (χ1v) is 6.58. The molecule has 3 aromatic rings. The normalized spacial score (nSPS) is 11.3. The second-order valence-electron chi connectivity index (χ2n) is 5.02. The molecule has 108 valence electrons. The molecule has 0 spiro atoms. The van der Waals surface area contributed by atoms with Gasteiger partial charge in [-0.2, -0.15) is 0 Å². The van der Waals surface area contributed by atoms with Crippen molar-refractivity contribution in [1.82, 2.24) is 4.90 Å². The predicted octanol–water partition coefficient (Wildman–Crippen LogP) is 2.72. The van der Waals surface area contributed by atoms with E-state index in [0.29, 0.717) is 18.7 Å². The summed E-state index contributed by atoms with van der Waals surface area (Å²) in [5.74, 6) is 0.939. The lowest BCUT2D eigenvalue weighted by atomic mass is 10.1. The first-order valence-electron chi connectivity index (χ1n) is 6.58. The number of hydrogen-bond acceptors (Lipinski definition) is 5. The Morgan fingerprint density at radius 1 is 1.19 bits per heavy atom. The van der Waals surface area contributed by atoms with Gasteiger partial charge in [0, 0.05) is 24.1 Å². The van der Waals surface area contributed by atoms with E-state index in [0.717, 1.165) is 16.7 Å². The van der Waals surface area contributed by atoms with Crippen LogP contribution in [0.25, 0.3) is 11.0 Å². The minimum absolute atomic E-state index is 0.0757.